The van der Waals surface area contributed by atoms with Gasteiger partial charge in [0.15, 0.2) is 11.6 Å². The lowest BCUT2D eigenvalue weighted by molar-refractivity contribution is -0.303. The predicted octanol–water partition coefficient (Wildman–Crippen LogP) is 6.62. The van der Waals surface area contributed by atoms with E-state index in [1.165, 1.54) is 6.08 Å². The van der Waals surface area contributed by atoms with Gasteiger partial charge in [-0.25, -0.2) is 4.98 Å². The van der Waals surface area contributed by atoms with E-state index in [9.17, 15) is 13.2 Å². The summed E-state index contributed by atoms with van der Waals surface area (Å²) in [5, 5.41) is 0.0816. The van der Waals surface area contributed by atoms with Crippen LogP contribution < -0.4 is 0 Å². The van der Waals surface area contributed by atoms with Gasteiger partial charge in [0.25, 0.3) is 0 Å². The van der Waals surface area contributed by atoms with E-state index < -0.39 is 6.36 Å². The highest BCUT2D eigenvalue weighted by Crippen LogP contribution is 2.36. The number of aromatic nitrogens is 2. The van der Waals surface area contributed by atoms with Crippen molar-refractivity contribution in [3.63, 3.8) is 0 Å². The average molecular weight is 425 g/mol. The molecule has 0 radical (unpaired) electrons. The van der Waals surface area contributed by atoms with Crippen LogP contribution in [0.2, 0.25) is 0 Å². The molecule has 2 aliphatic rings. The zero-order chi connectivity index (χ0) is 20.6. The summed E-state index contributed by atoms with van der Waals surface area (Å²) in [5.41, 5.74) is 2.21. The van der Waals surface area contributed by atoms with Crippen LogP contribution in [-0.2, 0) is 4.74 Å². The number of aryl methyl sites for hydroxylation is 1. The van der Waals surface area contributed by atoms with Crippen molar-refractivity contribution >= 4 is 17.2 Å². The van der Waals surface area contributed by atoms with Crippen LogP contribution in [0.3, 0.4) is 0 Å². The number of rotatable bonds is 4. The van der Waals surface area contributed by atoms with Crippen molar-refractivity contribution in [3.8, 4) is 11.6 Å². The molecule has 2 aliphatic carbocycles. The Labute approximate surface area is 171 Å². The third-order valence-corrected chi connectivity index (χ3v) is 5.39. The molecule has 29 heavy (non-hydrogen) atoms. The molecule has 0 bridgehead atoms. The van der Waals surface area contributed by atoms with Crippen LogP contribution in [0.5, 0.6) is 0 Å². The average Bonchev–Trinajstić information content (AvgIpc) is 3.28. The van der Waals surface area contributed by atoms with Gasteiger partial charge in [-0.2, -0.15) is 0 Å². The third kappa shape index (κ3) is 4.45. The Bertz CT molecular complexity index is 984. The van der Waals surface area contributed by atoms with Gasteiger partial charge in [-0.15, -0.1) is 24.8 Å². The quantitative estimate of drug-likeness (QED) is 0.443. The molecule has 4 rings (SSSR count). The molecule has 2 unspecified atom stereocenters. The SMILES string of the molecule is Cc1[nH]c(-c2ccc(C3=C(OC(F)(F)F)C=CCC3)o2)nc1C1C=CCC(Cl)C1. The van der Waals surface area contributed by atoms with Crippen molar-refractivity contribution in [2.75, 3.05) is 0 Å². The van der Waals surface area contributed by atoms with E-state index in [0.29, 0.717) is 35.8 Å². The molecule has 0 amide bonds. The second-order valence-corrected chi connectivity index (χ2v) is 7.81. The van der Waals surface area contributed by atoms with Gasteiger partial charge in [-0.05, 0) is 50.8 Å². The minimum atomic E-state index is -4.75. The van der Waals surface area contributed by atoms with Gasteiger partial charge in [0.1, 0.15) is 11.5 Å². The van der Waals surface area contributed by atoms with Gasteiger partial charge in [-0.1, -0.05) is 18.2 Å². The smallest absolute Gasteiger partial charge is 0.453 e. The predicted molar refractivity (Wildman–Crippen MR) is 104 cm³/mol. The fraction of sp³-hybridized carbons (Fsp3) is 0.381. The third-order valence-electron chi connectivity index (χ3n) is 5.03. The number of nitrogens with one attached hydrogen (secondary N) is 1. The highest BCUT2D eigenvalue weighted by molar-refractivity contribution is 6.20. The van der Waals surface area contributed by atoms with Crippen molar-refractivity contribution in [1.82, 2.24) is 9.97 Å². The number of imidazole rings is 1. The van der Waals surface area contributed by atoms with Gasteiger partial charge in [0.2, 0.25) is 0 Å². The molecule has 2 aromatic heterocycles. The number of furan rings is 1. The summed E-state index contributed by atoms with van der Waals surface area (Å²) in [7, 11) is 0. The van der Waals surface area contributed by atoms with E-state index in [1.807, 2.05) is 6.92 Å². The molecule has 0 aliphatic heterocycles. The summed E-state index contributed by atoms with van der Waals surface area (Å²) in [6.07, 6.45) is 5.09. The molecule has 8 heteroatoms. The number of halogens is 4. The number of ether oxygens (including phenoxy) is 1. The standard InChI is InChI=1S/C21H20ClF3N2O2/c1-12-19(13-5-4-6-14(22)11-13)27-20(26-12)18-10-9-16(28-18)15-7-2-3-8-17(15)29-21(23,24)25/h3-5,8-10,13-14H,2,6-7,11H2,1H3,(H,26,27). The summed E-state index contributed by atoms with van der Waals surface area (Å²) in [6.45, 7) is 1.94. The largest absolute Gasteiger partial charge is 0.573 e. The Kier molecular flexibility index (Phi) is 5.34. The number of allylic oxidation sites excluding steroid dienone is 5. The van der Waals surface area contributed by atoms with E-state index >= 15 is 0 Å². The normalized spacial score (nSPS) is 22.4. The Morgan fingerprint density at radius 2 is 2.03 bits per heavy atom. The monoisotopic (exact) mass is 424 g/mol. The van der Waals surface area contributed by atoms with E-state index in [1.54, 1.807) is 18.2 Å². The van der Waals surface area contributed by atoms with E-state index in [0.717, 1.165) is 24.2 Å². The summed E-state index contributed by atoms with van der Waals surface area (Å²) in [4.78, 5) is 7.89. The van der Waals surface area contributed by atoms with Crippen molar-refractivity contribution < 1.29 is 22.3 Å². The first-order valence-corrected chi connectivity index (χ1v) is 9.87. The van der Waals surface area contributed by atoms with Crippen molar-refractivity contribution in [1.29, 1.82) is 0 Å². The molecule has 0 spiro atoms. The van der Waals surface area contributed by atoms with Crippen LogP contribution in [0.15, 0.2) is 46.6 Å². The summed E-state index contributed by atoms with van der Waals surface area (Å²) >= 11 is 6.28. The molecule has 2 heterocycles. The molecule has 0 saturated heterocycles. The Morgan fingerprint density at radius 3 is 2.79 bits per heavy atom. The van der Waals surface area contributed by atoms with Crippen molar-refractivity contribution in [3.05, 3.63) is 59.3 Å². The van der Waals surface area contributed by atoms with Gasteiger partial charge >= 0.3 is 6.36 Å². The van der Waals surface area contributed by atoms with Gasteiger partial charge < -0.3 is 14.1 Å². The van der Waals surface area contributed by atoms with Crippen LogP contribution in [0.25, 0.3) is 17.2 Å². The van der Waals surface area contributed by atoms with Crippen molar-refractivity contribution in [2.45, 2.75) is 50.3 Å². The van der Waals surface area contributed by atoms with E-state index in [4.69, 9.17) is 16.0 Å². The lowest BCUT2D eigenvalue weighted by atomic mass is 9.92. The van der Waals surface area contributed by atoms with Crippen LogP contribution in [-0.4, -0.2) is 21.7 Å². The minimum absolute atomic E-state index is 0.0816. The maximum atomic E-state index is 12.7. The Morgan fingerprint density at radius 1 is 1.24 bits per heavy atom. The molecule has 2 aromatic rings. The lowest BCUT2D eigenvalue weighted by Crippen LogP contribution is -2.14. The number of aromatic amines is 1. The minimum Gasteiger partial charge on any atom is -0.453 e. The summed E-state index contributed by atoms with van der Waals surface area (Å²) in [5.74, 6) is 1.24. The zero-order valence-electron chi connectivity index (χ0n) is 15.7. The molecule has 154 valence electrons. The van der Waals surface area contributed by atoms with Gasteiger partial charge in [0.05, 0.1) is 5.69 Å². The first kappa shape index (κ1) is 19.9. The van der Waals surface area contributed by atoms with E-state index in [-0.39, 0.29) is 17.1 Å². The lowest BCUT2D eigenvalue weighted by Gasteiger charge is -2.19. The fourth-order valence-corrected chi connectivity index (χ4v) is 4.02. The van der Waals surface area contributed by atoms with Crippen LogP contribution in [0.4, 0.5) is 13.2 Å². The number of hydrogen-bond acceptors (Lipinski definition) is 3. The first-order valence-electron chi connectivity index (χ1n) is 9.43. The summed E-state index contributed by atoms with van der Waals surface area (Å²) < 4.78 is 48.1. The number of hydrogen-bond donors (Lipinski definition) is 1. The molecular formula is C21H20ClF3N2O2. The fourth-order valence-electron chi connectivity index (χ4n) is 3.73. The number of H-pyrrole nitrogens is 1. The second-order valence-electron chi connectivity index (χ2n) is 7.19. The number of nitrogens with zero attached hydrogens (tertiary/aromatic N) is 1. The maximum absolute atomic E-state index is 12.7. The zero-order valence-corrected chi connectivity index (χ0v) is 16.5. The second kappa shape index (κ2) is 7.78. The molecule has 4 nitrogen and oxygen atoms in total. The molecule has 0 aromatic carbocycles. The molecule has 0 fully saturated rings. The van der Waals surface area contributed by atoms with Crippen LogP contribution >= 0.6 is 11.6 Å². The molecular weight excluding hydrogens is 405 g/mol. The Balaban J connectivity index is 1.63. The van der Waals surface area contributed by atoms with E-state index in [2.05, 4.69) is 26.9 Å². The molecule has 0 saturated carbocycles. The highest BCUT2D eigenvalue weighted by atomic mass is 35.5. The molecule has 1 N–H and O–H groups in total. The Hall–Kier alpha value is -2.41. The highest BCUT2D eigenvalue weighted by Gasteiger charge is 2.33. The van der Waals surface area contributed by atoms with Crippen molar-refractivity contribution in [2.24, 2.45) is 0 Å². The van der Waals surface area contributed by atoms with Gasteiger partial charge in [0, 0.05) is 22.6 Å². The number of alkyl halides is 4. The maximum Gasteiger partial charge on any atom is 0.573 e. The first-order chi connectivity index (χ1) is 13.8. The topological polar surface area (TPSA) is 51.0 Å². The summed E-state index contributed by atoms with van der Waals surface area (Å²) in [6, 6.07) is 3.35. The van der Waals surface area contributed by atoms with Crippen LogP contribution in [0, 0.1) is 6.92 Å². The molecule has 2 atom stereocenters. The van der Waals surface area contributed by atoms with Gasteiger partial charge in [-0.3, -0.25) is 0 Å². The van der Waals surface area contributed by atoms with Crippen LogP contribution in [0.1, 0.15) is 48.7 Å².